The summed E-state index contributed by atoms with van der Waals surface area (Å²) >= 11 is 27.4. The van der Waals surface area contributed by atoms with Gasteiger partial charge in [-0.05, 0) is 62.2 Å². The Hall–Kier alpha value is -2.16. The average molecular weight is 760 g/mol. The zero-order valence-electron chi connectivity index (χ0n) is 18.4. The van der Waals surface area contributed by atoms with Gasteiger partial charge in [-0.15, -0.1) is 0 Å². The van der Waals surface area contributed by atoms with Crippen LogP contribution in [0.1, 0.15) is 20.8 Å². The van der Waals surface area contributed by atoms with Crippen LogP contribution < -0.4 is 10.7 Å². The van der Waals surface area contributed by atoms with E-state index in [0.29, 0.717) is 13.5 Å². The molecular weight excluding hydrogens is 746 g/mol. The highest BCUT2D eigenvalue weighted by Gasteiger charge is 2.25. The van der Waals surface area contributed by atoms with E-state index in [1.54, 1.807) is 18.2 Å². The first-order valence-corrected chi connectivity index (χ1v) is 13.4. The van der Waals surface area contributed by atoms with Crippen LogP contribution in [0.15, 0.2) is 60.6 Å². The third-order valence-electron chi connectivity index (χ3n) is 4.45. The molecule has 0 radical (unpaired) electrons. The molecule has 37 heavy (non-hydrogen) atoms. The standard InChI is InChI=1S/C21H14Br3Cl3N6O4/c1-37-21(36)32(6-4-16(26)27)31-19(34)11-7-10(22)8-12(23)17(11)29-20(35)14-9-15(24)30-33(14)18-13(25)3-2-5-28-18/h2-5,7-9H,6H2,1H3,(H,29,35)(H,31,34). The molecule has 0 fully saturated rings. The van der Waals surface area contributed by atoms with E-state index >= 15 is 0 Å². The predicted octanol–water partition coefficient (Wildman–Crippen LogP) is 6.49. The smallest absolute Gasteiger partial charge is 0.428 e. The number of carbonyl (C=O) groups is 3. The van der Waals surface area contributed by atoms with Gasteiger partial charge in [0.15, 0.2) is 5.82 Å². The van der Waals surface area contributed by atoms with Gasteiger partial charge in [0.05, 0.1) is 29.9 Å². The second-order valence-corrected chi connectivity index (χ2v) is 10.9. The largest absolute Gasteiger partial charge is 0.452 e. The molecule has 0 atom stereocenters. The number of carbonyl (C=O) groups excluding carboxylic acids is 3. The number of hydrogen-bond acceptors (Lipinski definition) is 6. The number of nitrogens with one attached hydrogen (secondary N) is 2. The molecular formula is C21H14Br3Cl3N6O4. The summed E-state index contributed by atoms with van der Waals surface area (Å²) < 4.78 is 7.07. The zero-order chi connectivity index (χ0) is 27.3. The number of methoxy groups -OCH3 is 1. The van der Waals surface area contributed by atoms with E-state index in [-0.39, 0.29) is 38.8 Å². The Morgan fingerprint density at radius 2 is 1.89 bits per heavy atom. The molecule has 0 unspecified atom stereocenters. The topological polar surface area (TPSA) is 118 Å². The van der Waals surface area contributed by atoms with E-state index in [1.807, 2.05) is 0 Å². The molecule has 194 valence electrons. The molecule has 0 aliphatic heterocycles. The van der Waals surface area contributed by atoms with Gasteiger partial charge < -0.3 is 10.1 Å². The Kier molecular flexibility index (Phi) is 10.4. The number of ether oxygens (including phenoxy) is 1. The van der Waals surface area contributed by atoms with Crippen molar-refractivity contribution >= 4 is 106 Å². The molecule has 0 saturated carbocycles. The molecule has 10 nitrogen and oxygen atoms in total. The number of halogens is 6. The van der Waals surface area contributed by atoms with Crippen LogP contribution in [0.3, 0.4) is 0 Å². The normalized spacial score (nSPS) is 10.5. The fraction of sp³-hybridized carbons (Fsp3) is 0.0952. The Labute approximate surface area is 250 Å². The van der Waals surface area contributed by atoms with Crippen LogP contribution in [0.25, 0.3) is 5.82 Å². The van der Waals surface area contributed by atoms with Crippen molar-refractivity contribution < 1.29 is 19.1 Å². The van der Waals surface area contributed by atoms with Crippen LogP contribution in [-0.2, 0) is 4.74 Å². The van der Waals surface area contributed by atoms with Crippen molar-refractivity contribution in [1.29, 1.82) is 0 Å². The van der Waals surface area contributed by atoms with Gasteiger partial charge >= 0.3 is 6.09 Å². The van der Waals surface area contributed by atoms with Crippen LogP contribution >= 0.6 is 82.6 Å². The molecule has 3 amide bonds. The summed E-state index contributed by atoms with van der Waals surface area (Å²) in [7, 11) is 1.14. The number of rotatable bonds is 6. The lowest BCUT2D eigenvalue weighted by Crippen LogP contribution is -2.46. The maximum absolute atomic E-state index is 13.3. The van der Waals surface area contributed by atoms with E-state index in [9.17, 15) is 14.4 Å². The van der Waals surface area contributed by atoms with E-state index in [4.69, 9.17) is 34.8 Å². The molecule has 0 saturated heterocycles. The fourth-order valence-corrected chi connectivity index (χ4v) is 4.92. The number of benzene rings is 1. The van der Waals surface area contributed by atoms with Crippen LogP contribution in [0.2, 0.25) is 5.02 Å². The average Bonchev–Trinajstić information content (AvgIpc) is 3.24. The molecule has 0 spiro atoms. The van der Waals surface area contributed by atoms with Crippen LogP contribution in [0.5, 0.6) is 0 Å². The van der Waals surface area contributed by atoms with Crippen LogP contribution in [0, 0.1) is 0 Å². The molecule has 16 heteroatoms. The predicted molar refractivity (Wildman–Crippen MR) is 150 cm³/mol. The van der Waals surface area contributed by atoms with Gasteiger partial charge in [0, 0.05) is 21.2 Å². The van der Waals surface area contributed by atoms with Crippen LogP contribution in [0.4, 0.5) is 10.5 Å². The maximum atomic E-state index is 13.3. The molecule has 2 N–H and O–H groups in total. The maximum Gasteiger partial charge on any atom is 0.428 e. The summed E-state index contributed by atoms with van der Waals surface area (Å²) in [5.41, 5.74) is 2.60. The monoisotopic (exact) mass is 756 g/mol. The highest BCUT2D eigenvalue weighted by molar-refractivity contribution is 9.11. The number of pyridine rings is 1. The summed E-state index contributed by atoms with van der Waals surface area (Å²) in [5, 5.41) is 8.07. The quantitative estimate of drug-likeness (QED) is 0.278. The molecule has 3 aromatic rings. The van der Waals surface area contributed by atoms with E-state index in [1.165, 1.54) is 29.1 Å². The zero-order valence-corrected chi connectivity index (χ0v) is 25.5. The number of hydrogen-bond donors (Lipinski definition) is 2. The van der Waals surface area contributed by atoms with Gasteiger partial charge in [0.25, 0.3) is 11.8 Å². The highest BCUT2D eigenvalue weighted by atomic mass is 79.9. The van der Waals surface area contributed by atoms with Crippen molar-refractivity contribution in [3.63, 3.8) is 0 Å². The van der Waals surface area contributed by atoms with Crippen molar-refractivity contribution in [3.8, 4) is 5.82 Å². The van der Waals surface area contributed by atoms with Crippen molar-refractivity contribution in [2.75, 3.05) is 19.0 Å². The fourth-order valence-electron chi connectivity index (χ4n) is 2.89. The van der Waals surface area contributed by atoms with Gasteiger partial charge in [-0.25, -0.2) is 19.5 Å². The molecule has 2 aromatic heterocycles. The Morgan fingerprint density at radius 3 is 2.54 bits per heavy atom. The van der Waals surface area contributed by atoms with Crippen molar-refractivity contribution in [3.05, 3.63) is 76.9 Å². The minimum Gasteiger partial charge on any atom is -0.452 e. The first kappa shape index (κ1) is 29.4. The molecule has 0 aliphatic carbocycles. The van der Waals surface area contributed by atoms with E-state index in [2.05, 4.69) is 73.4 Å². The van der Waals surface area contributed by atoms with E-state index in [0.717, 1.165) is 12.1 Å². The second kappa shape index (κ2) is 13.1. The first-order valence-electron chi connectivity index (χ1n) is 9.86. The number of hydrazine groups is 1. The molecule has 0 aliphatic rings. The summed E-state index contributed by atoms with van der Waals surface area (Å²) in [6.45, 7) is -0.185. The minimum atomic E-state index is -0.875. The Balaban J connectivity index is 1.97. The summed E-state index contributed by atoms with van der Waals surface area (Å²) in [6.07, 6.45) is 1.91. The lowest BCUT2D eigenvalue weighted by Gasteiger charge is -2.22. The Morgan fingerprint density at radius 1 is 1.16 bits per heavy atom. The number of aromatic nitrogens is 3. The molecule has 0 bridgehead atoms. The molecule has 3 rings (SSSR count). The van der Waals surface area contributed by atoms with E-state index < -0.39 is 17.9 Å². The third kappa shape index (κ3) is 7.45. The van der Waals surface area contributed by atoms with Gasteiger partial charge in [0.2, 0.25) is 0 Å². The summed E-state index contributed by atoms with van der Waals surface area (Å²) in [6, 6.07) is 7.80. The summed E-state index contributed by atoms with van der Waals surface area (Å²) in [5.74, 6) is -1.14. The summed E-state index contributed by atoms with van der Waals surface area (Å²) in [4.78, 5) is 42.9. The van der Waals surface area contributed by atoms with Crippen LogP contribution in [-0.4, -0.2) is 51.3 Å². The van der Waals surface area contributed by atoms with Crippen molar-refractivity contribution in [2.24, 2.45) is 0 Å². The molecule has 2 heterocycles. The van der Waals surface area contributed by atoms with Crippen molar-refractivity contribution in [1.82, 2.24) is 25.2 Å². The number of amides is 3. The lowest BCUT2D eigenvalue weighted by atomic mass is 10.1. The minimum absolute atomic E-state index is 0.00505. The lowest BCUT2D eigenvalue weighted by molar-refractivity contribution is 0.0737. The van der Waals surface area contributed by atoms with Gasteiger partial charge in [0.1, 0.15) is 14.8 Å². The number of anilines is 1. The molecule has 1 aromatic carbocycles. The highest BCUT2D eigenvalue weighted by Crippen LogP contribution is 2.32. The second-order valence-electron chi connectivity index (χ2n) is 6.85. The van der Waals surface area contributed by atoms with Gasteiger partial charge in [-0.2, -0.15) is 5.10 Å². The first-order chi connectivity index (χ1) is 17.5. The third-order valence-corrected chi connectivity index (χ3v) is 6.52. The SMILES string of the molecule is COC(=O)N(CC=C(Cl)Cl)NC(=O)c1cc(Br)cc(Br)c1NC(=O)c1cc(Br)nn1-c1ncccc1Cl. The number of nitrogens with zero attached hydrogens (tertiary/aromatic N) is 4. The van der Waals surface area contributed by atoms with Gasteiger partial charge in [-0.1, -0.05) is 50.7 Å². The Bertz CT molecular complexity index is 1400. The van der Waals surface area contributed by atoms with Gasteiger partial charge in [-0.3, -0.25) is 15.0 Å². The van der Waals surface area contributed by atoms with Crippen molar-refractivity contribution in [2.45, 2.75) is 0 Å².